The second kappa shape index (κ2) is 9.34. The number of aromatic nitrogens is 2. The molecule has 0 bridgehead atoms. The van der Waals surface area contributed by atoms with Crippen molar-refractivity contribution in [3.63, 3.8) is 0 Å². The van der Waals surface area contributed by atoms with Crippen molar-refractivity contribution in [2.24, 2.45) is 0 Å². The number of nitrogens with one attached hydrogen (secondary N) is 2. The maximum Gasteiger partial charge on any atom is 0.469 e. The Morgan fingerprint density at radius 3 is 2.21 bits per heavy atom. The van der Waals surface area contributed by atoms with Crippen molar-refractivity contribution in [1.82, 2.24) is 9.97 Å². The second-order valence-corrected chi connectivity index (χ2v) is 8.67. The van der Waals surface area contributed by atoms with Crippen molar-refractivity contribution in [3.05, 3.63) is 44.1 Å². The Morgan fingerprint density at radius 1 is 1.03 bits per heavy atom. The lowest BCUT2D eigenvalue weighted by Gasteiger charge is -2.38. The summed E-state index contributed by atoms with van der Waals surface area (Å²) in [6.07, 6.45) is -5.57. The molecule has 16 heteroatoms. The summed E-state index contributed by atoms with van der Waals surface area (Å²) < 4.78 is 14.9. The van der Waals surface area contributed by atoms with E-state index in [1.807, 2.05) is 4.98 Å². The first kappa shape index (κ1) is 25.0. The van der Waals surface area contributed by atoms with Crippen molar-refractivity contribution < 1.29 is 44.4 Å². The monoisotopic (exact) mass is 490 g/mol. The maximum atomic E-state index is 12.5. The Balaban J connectivity index is 2.03. The lowest BCUT2D eigenvalue weighted by atomic mass is 10.0. The lowest BCUT2D eigenvalue weighted by molar-refractivity contribution is -0.243. The van der Waals surface area contributed by atoms with Crippen LogP contribution in [0.2, 0.25) is 0 Å². The summed E-state index contributed by atoms with van der Waals surface area (Å²) in [5.74, 6) is -0.194. The highest BCUT2D eigenvalue weighted by Crippen LogP contribution is 2.46. The molecule has 3 atom stereocenters. The number of phosphoric ester groups is 1. The number of hydrogen-bond donors (Lipinski definition) is 8. The van der Waals surface area contributed by atoms with Crippen LogP contribution in [-0.4, -0.2) is 71.8 Å². The number of aliphatic hydroxyl groups is 3. The summed E-state index contributed by atoms with van der Waals surface area (Å²) in [4.78, 5) is 51.9. The van der Waals surface area contributed by atoms with Crippen molar-refractivity contribution >= 4 is 30.7 Å². The van der Waals surface area contributed by atoms with Gasteiger partial charge in [0.15, 0.2) is 5.69 Å². The Kier molecular flexibility index (Phi) is 7.09. The molecule has 1 aliphatic rings. The lowest BCUT2D eigenvalue weighted by Crippen LogP contribution is -2.47. The molecule has 0 spiro atoms. The van der Waals surface area contributed by atoms with Crippen LogP contribution in [0.5, 0.6) is 0 Å². The minimum absolute atomic E-state index is 0.165. The van der Waals surface area contributed by atoms with Crippen molar-refractivity contribution in [2.45, 2.75) is 32.2 Å². The third-order valence-electron chi connectivity index (χ3n) is 5.13. The summed E-state index contributed by atoms with van der Waals surface area (Å²) in [6.45, 7) is 2.05. The number of hydrogen-bond acceptors (Lipinski definition) is 11. The number of rotatable bonds is 8. The van der Waals surface area contributed by atoms with E-state index < -0.39 is 50.5 Å². The molecule has 1 aliphatic heterocycles. The van der Waals surface area contributed by atoms with Crippen LogP contribution in [0.15, 0.2) is 21.7 Å². The molecule has 2 heterocycles. The van der Waals surface area contributed by atoms with Crippen molar-refractivity contribution in [3.8, 4) is 0 Å². The van der Waals surface area contributed by atoms with Crippen LogP contribution < -0.4 is 21.2 Å². The fraction of sp³-hybridized carbons (Fsp3) is 0.412. The maximum absolute atomic E-state index is 12.5. The van der Waals surface area contributed by atoms with Gasteiger partial charge in [0.25, 0.3) is 5.56 Å². The number of anilines is 4. The van der Waals surface area contributed by atoms with E-state index in [0.29, 0.717) is 0 Å². The van der Waals surface area contributed by atoms with E-state index in [1.54, 1.807) is 26.0 Å². The van der Waals surface area contributed by atoms with E-state index in [-0.39, 0.29) is 22.9 Å². The van der Waals surface area contributed by atoms with Crippen LogP contribution in [0, 0.1) is 13.8 Å². The first-order valence-electron chi connectivity index (χ1n) is 9.45. The van der Waals surface area contributed by atoms with Crippen LogP contribution >= 0.6 is 7.82 Å². The van der Waals surface area contributed by atoms with Crippen LogP contribution in [0.1, 0.15) is 11.1 Å². The number of β-amino-alcohol motifs (C(OH)–C–C–N with tert-alkyl or cyclic N) is 1. The van der Waals surface area contributed by atoms with E-state index in [0.717, 1.165) is 16.2 Å². The van der Waals surface area contributed by atoms with Gasteiger partial charge >= 0.3 is 13.5 Å². The first-order chi connectivity index (χ1) is 15.3. The number of benzene rings is 1. The predicted octanol–water partition coefficient (Wildman–Crippen LogP) is -1.13. The largest absolute Gasteiger partial charge is 0.469 e. The van der Waals surface area contributed by atoms with Gasteiger partial charge in [0.1, 0.15) is 24.1 Å². The molecule has 15 nitrogen and oxygen atoms in total. The molecule has 8 N–H and O–H groups in total. The van der Waals surface area contributed by atoms with E-state index in [1.165, 1.54) is 4.90 Å². The average molecular weight is 490 g/mol. The fourth-order valence-electron chi connectivity index (χ4n) is 3.36. The molecule has 0 radical (unpaired) electrons. The molecule has 1 aromatic heterocycles. The zero-order chi connectivity index (χ0) is 24.7. The molecule has 0 aliphatic carbocycles. The smallest absolute Gasteiger partial charge is 0.388 e. The Hall–Kier alpha value is -2.59. The number of phosphoric acid groups is 1. The van der Waals surface area contributed by atoms with Crippen LogP contribution in [-0.2, 0) is 14.1 Å². The van der Waals surface area contributed by atoms with Crippen LogP contribution in [0.25, 0.3) is 0 Å². The molecule has 3 rings (SSSR count). The van der Waals surface area contributed by atoms with Gasteiger partial charge in [-0.3, -0.25) is 19.3 Å². The number of fused-ring (bicyclic) bond motifs is 2. The fourth-order valence-corrected chi connectivity index (χ4v) is 3.70. The van der Waals surface area contributed by atoms with Gasteiger partial charge in [-0.25, -0.2) is 14.6 Å². The number of aryl methyl sites for hydroxylation is 2. The Morgan fingerprint density at radius 2 is 1.64 bits per heavy atom. The molecule has 2 aromatic rings. The average Bonchev–Trinajstić information content (AvgIpc) is 2.72. The summed E-state index contributed by atoms with van der Waals surface area (Å²) in [6, 6.07) is 3.19. The van der Waals surface area contributed by atoms with Gasteiger partial charge in [0.05, 0.1) is 24.5 Å². The molecule has 0 saturated carbocycles. The summed E-state index contributed by atoms with van der Waals surface area (Å²) in [5, 5.41) is 41.0. The molecule has 0 saturated heterocycles. The predicted molar refractivity (Wildman–Crippen MR) is 112 cm³/mol. The standard InChI is InChI=1S/C17H23N4O11P/c1-7-3-9-10(4-8(7)2)21(32-27)13-15(18-17(26)19-16(13)25)20(9)5-11(22)14(24)12(23)6-31-33(28,29)30/h3-4,11-12,14,22-24,27H,5-6H2,1-2H3,(H2,28,29,30)(H2,18,19,25,26)/t11-,12+,14-/m0/s1. The minimum atomic E-state index is -4.93. The summed E-state index contributed by atoms with van der Waals surface area (Å²) >= 11 is 0. The van der Waals surface area contributed by atoms with Crippen LogP contribution in [0.4, 0.5) is 22.9 Å². The molecular weight excluding hydrogens is 467 g/mol. The van der Waals surface area contributed by atoms with E-state index in [4.69, 9.17) is 9.79 Å². The van der Waals surface area contributed by atoms with Gasteiger partial charge in [-0.2, -0.15) is 5.06 Å². The highest BCUT2D eigenvalue weighted by atomic mass is 31.2. The van der Waals surface area contributed by atoms with Crippen molar-refractivity contribution in [1.29, 1.82) is 0 Å². The topological polar surface area (TPSA) is 229 Å². The molecule has 0 amide bonds. The molecule has 33 heavy (non-hydrogen) atoms. The van der Waals surface area contributed by atoms with Gasteiger partial charge in [0.2, 0.25) is 0 Å². The van der Waals surface area contributed by atoms with Gasteiger partial charge < -0.3 is 30.0 Å². The third kappa shape index (κ3) is 5.16. The number of aliphatic hydroxyl groups excluding tert-OH is 3. The Labute approximate surface area is 185 Å². The molecule has 0 fully saturated rings. The molecule has 0 unspecified atom stereocenters. The molecular formula is C17H23N4O11P. The van der Waals surface area contributed by atoms with E-state index in [9.17, 15) is 34.7 Å². The normalized spacial score (nSPS) is 16.2. The first-order valence-corrected chi connectivity index (χ1v) is 11.0. The van der Waals surface area contributed by atoms with Crippen molar-refractivity contribution in [2.75, 3.05) is 23.1 Å². The SMILES string of the molecule is Cc1cc2c(cc1C)N(OO)c1c([nH]c(=O)[nH]c1=O)N2C[C@H](O)[C@H](O)[C@H](O)COP(=O)(O)O. The van der Waals surface area contributed by atoms with Gasteiger partial charge in [0, 0.05) is 0 Å². The zero-order valence-corrected chi connectivity index (χ0v) is 18.3. The zero-order valence-electron chi connectivity index (χ0n) is 17.4. The van der Waals surface area contributed by atoms with Gasteiger partial charge in [-0.05, 0) is 37.1 Å². The molecule has 182 valence electrons. The Bertz CT molecular complexity index is 1190. The highest BCUT2D eigenvalue weighted by molar-refractivity contribution is 7.46. The summed E-state index contributed by atoms with van der Waals surface area (Å²) in [7, 11) is -4.93. The van der Waals surface area contributed by atoms with Gasteiger partial charge in [-0.15, -0.1) is 4.99 Å². The number of aromatic amines is 2. The minimum Gasteiger partial charge on any atom is -0.388 e. The molecule has 1 aromatic carbocycles. The van der Waals surface area contributed by atoms with E-state index >= 15 is 0 Å². The second-order valence-electron chi connectivity index (χ2n) is 7.43. The summed E-state index contributed by atoms with van der Waals surface area (Å²) in [5.41, 5.74) is -0.227. The highest BCUT2D eigenvalue weighted by Gasteiger charge is 2.37. The number of nitrogens with zero attached hydrogens (tertiary/aromatic N) is 2. The van der Waals surface area contributed by atoms with Crippen LogP contribution in [0.3, 0.4) is 0 Å². The quantitative estimate of drug-likeness (QED) is 0.124. The van der Waals surface area contributed by atoms with E-state index in [2.05, 4.69) is 14.5 Å². The van der Waals surface area contributed by atoms with Gasteiger partial charge in [-0.1, -0.05) is 0 Å². The number of H-pyrrole nitrogens is 2. The third-order valence-corrected chi connectivity index (χ3v) is 5.61.